The second kappa shape index (κ2) is 14.2. The van der Waals surface area contributed by atoms with E-state index in [1.165, 1.54) is 33.4 Å². The van der Waals surface area contributed by atoms with Gasteiger partial charge >= 0.3 is 0 Å². The molecule has 2 aromatic carbocycles. The molecular weight excluding hydrogens is 496 g/mol. The quantitative estimate of drug-likeness (QED) is 0.145. The summed E-state index contributed by atoms with van der Waals surface area (Å²) in [7, 11) is 0. The van der Waals surface area contributed by atoms with Gasteiger partial charge in [0, 0.05) is 0 Å². The smallest absolute Gasteiger partial charge is 0.126 e. The van der Waals surface area contributed by atoms with E-state index in [0.29, 0.717) is 35.9 Å². The first-order valence-corrected chi connectivity index (χ1v) is 16.0. The van der Waals surface area contributed by atoms with Gasteiger partial charge < -0.3 is 18.9 Å². The Labute approximate surface area is 244 Å². The maximum absolute atomic E-state index is 6.54. The van der Waals surface area contributed by atoms with E-state index < -0.39 is 0 Å². The molecule has 4 rings (SSSR count). The number of unbranched alkanes of at least 4 members (excludes halogenated alkanes) is 2. The van der Waals surface area contributed by atoms with Crippen LogP contribution in [0.2, 0.25) is 0 Å². The monoisotopic (exact) mass is 550 g/mol. The van der Waals surface area contributed by atoms with Gasteiger partial charge in [-0.15, -0.1) is 0 Å². The zero-order chi connectivity index (χ0) is 28.8. The first-order chi connectivity index (χ1) is 19.2. The summed E-state index contributed by atoms with van der Waals surface area (Å²) in [5.41, 5.74) is 7.80. The van der Waals surface area contributed by atoms with Crippen molar-refractivity contribution in [3.63, 3.8) is 0 Å². The van der Waals surface area contributed by atoms with Crippen LogP contribution < -0.4 is 9.47 Å². The van der Waals surface area contributed by atoms with Crippen molar-refractivity contribution in [3.05, 3.63) is 46.5 Å². The number of hydrogen-bond donors (Lipinski definition) is 0. The maximum Gasteiger partial charge on any atom is 0.126 e. The first-order valence-electron chi connectivity index (χ1n) is 16.0. The lowest BCUT2D eigenvalue weighted by atomic mass is 9.86. The normalized spacial score (nSPS) is 18.3. The van der Waals surface area contributed by atoms with Crippen LogP contribution in [0.1, 0.15) is 140 Å². The van der Waals surface area contributed by atoms with Crippen molar-refractivity contribution in [2.75, 3.05) is 26.4 Å². The fourth-order valence-corrected chi connectivity index (χ4v) is 5.50. The molecule has 2 fully saturated rings. The minimum absolute atomic E-state index is 0.380. The molecule has 0 amide bonds. The van der Waals surface area contributed by atoms with E-state index in [9.17, 15) is 0 Å². The zero-order valence-corrected chi connectivity index (χ0v) is 26.5. The van der Waals surface area contributed by atoms with E-state index >= 15 is 0 Å². The van der Waals surface area contributed by atoms with E-state index in [2.05, 4.69) is 79.7 Å². The molecular formula is C36H54O4. The van der Waals surface area contributed by atoms with Crippen LogP contribution in [0, 0.1) is 0 Å². The molecule has 0 spiro atoms. The predicted molar refractivity (Wildman–Crippen MR) is 166 cm³/mol. The molecule has 0 N–H and O–H groups in total. The lowest BCUT2D eigenvalue weighted by molar-refractivity contribution is 0.292. The third-order valence-corrected chi connectivity index (χ3v) is 8.25. The van der Waals surface area contributed by atoms with Crippen LogP contribution in [0.15, 0.2) is 24.3 Å². The summed E-state index contributed by atoms with van der Waals surface area (Å²) in [6, 6.07) is 9.53. The highest BCUT2D eigenvalue weighted by Gasteiger charge is 2.24. The number of epoxide rings is 2. The molecule has 2 aliphatic heterocycles. The van der Waals surface area contributed by atoms with E-state index in [1.54, 1.807) is 0 Å². The molecule has 2 heterocycles. The Bertz CT molecular complexity index is 946. The molecule has 0 aromatic heterocycles. The fourth-order valence-electron chi connectivity index (χ4n) is 5.50. The largest absolute Gasteiger partial charge is 0.493 e. The zero-order valence-electron chi connectivity index (χ0n) is 26.5. The van der Waals surface area contributed by atoms with E-state index in [4.69, 9.17) is 18.9 Å². The van der Waals surface area contributed by atoms with Crippen LogP contribution in [-0.2, 0) is 9.47 Å². The van der Waals surface area contributed by atoms with E-state index in [0.717, 1.165) is 76.5 Å². The molecule has 0 saturated carbocycles. The molecule has 0 bridgehead atoms. The summed E-state index contributed by atoms with van der Waals surface area (Å²) in [6.45, 7) is 21.7. The van der Waals surface area contributed by atoms with Crippen molar-refractivity contribution in [2.24, 2.45) is 0 Å². The van der Waals surface area contributed by atoms with E-state index in [-0.39, 0.29) is 0 Å². The Kier molecular flexibility index (Phi) is 11.0. The third-order valence-electron chi connectivity index (χ3n) is 8.25. The summed E-state index contributed by atoms with van der Waals surface area (Å²) < 4.78 is 23.8. The summed E-state index contributed by atoms with van der Waals surface area (Å²) in [5, 5.41) is 0. The Morgan fingerprint density at radius 1 is 0.550 bits per heavy atom. The fraction of sp³-hybridized carbons (Fsp3) is 0.667. The second-order valence-electron chi connectivity index (χ2n) is 13.2. The molecule has 40 heavy (non-hydrogen) atoms. The summed E-state index contributed by atoms with van der Waals surface area (Å²) in [4.78, 5) is 0. The van der Waals surface area contributed by atoms with Gasteiger partial charge in [0.1, 0.15) is 11.5 Å². The van der Waals surface area contributed by atoms with Crippen molar-refractivity contribution in [1.29, 1.82) is 0 Å². The van der Waals surface area contributed by atoms with Gasteiger partial charge in [0.2, 0.25) is 0 Å². The molecule has 0 aliphatic carbocycles. The lowest BCUT2D eigenvalue weighted by Gasteiger charge is -2.24. The van der Waals surface area contributed by atoms with Crippen molar-refractivity contribution in [1.82, 2.24) is 0 Å². The van der Waals surface area contributed by atoms with Gasteiger partial charge in [-0.1, -0.05) is 55.4 Å². The number of benzene rings is 2. The average molecular weight is 551 g/mol. The van der Waals surface area contributed by atoms with Crippen LogP contribution in [0.5, 0.6) is 11.5 Å². The molecule has 222 valence electrons. The SMILES string of the molecule is CC(C)c1cc(-c2cc(C(C)C)c(OCCCCC3CO3)c(C(C)C)c2)cc(C(C)C)c1OCCCCC1CO1. The highest BCUT2D eigenvalue weighted by molar-refractivity contribution is 5.72. The Morgan fingerprint density at radius 3 is 1.10 bits per heavy atom. The second-order valence-corrected chi connectivity index (χ2v) is 13.2. The molecule has 2 saturated heterocycles. The Balaban J connectivity index is 1.62. The number of ether oxygens (including phenoxy) is 4. The molecule has 2 unspecified atom stereocenters. The standard InChI is InChI=1S/C36H54O4/c1-23(2)31-17-27(18-32(24(3)4)35(31)37-15-11-9-13-29-21-39-29)28-19-33(25(5)6)36(34(20-28)26(7)8)38-16-12-10-14-30-22-40-30/h17-20,23-26,29-30H,9-16,21-22H2,1-8H3. The highest BCUT2D eigenvalue weighted by Crippen LogP contribution is 2.43. The molecule has 2 aliphatic rings. The lowest BCUT2D eigenvalue weighted by Crippen LogP contribution is -2.08. The highest BCUT2D eigenvalue weighted by atomic mass is 16.6. The van der Waals surface area contributed by atoms with Crippen molar-refractivity contribution >= 4 is 0 Å². The van der Waals surface area contributed by atoms with Crippen LogP contribution in [0.3, 0.4) is 0 Å². The minimum atomic E-state index is 0.380. The number of rotatable bonds is 17. The summed E-state index contributed by atoms with van der Waals surface area (Å²) >= 11 is 0. The summed E-state index contributed by atoms with van der Waals surface area (Å²) in [5.74, 6) is 3.72. The van der Waals surface area contributed by atoms with E-state index in [1.807, 2.05) is 0 Å². The van der Waals surface area contributed by atoms with Gasteiger partial charge in [-0.05, 0) is 120 Å². The van der Waals surface area contributed by atoms with Crippen molar-refractivity contribution in [2.45, 2.75) is 130 Å². The minimum Gasteiger partial charge on any atom is -0.493 e. The topological polar surface area (TPSA) is 43.5 Å². The predicted octanol–water partition coefficient (Wildman–Crippen LogP) is 9.74. The van der Waals surface area contributed by atoms with Gasteiger partial charge in [-0.2, -0.15) is 0 Å². The number of hydrogen-bond acceptors (Lipinski definition) is 4. The first kappa shape index (κ1) is 30.9. The van der Waals surface area contributed by atoms with Crippen LogP contribution in [-0.4, -0.2) is 38.6 Å². The van der Waals surface area contributed by atoms with Crippen LogP contribution in [0.4, 0.5) is 0 Å². The van der Waals surface area contributed by atoms with Crippen LogP contribution >= 0.6 is 0 Å². The Hall–Kier alpha value is -2.04. The van der Waals surface area contributed by atoms with Gasteiger partial charge in [0.05, 0.1) is 38.6 Å². The molecule has 4 nitrogen and oxygen atoms in total. The van der Waals surface area contributed by atoms with Crippen molar-refractivity contribution < 1.29 is 18.9 Å². The average Bonchev–Trinajstić information content (AvgIpc) is 3.83. The molecule has 0 radical (unpaired) electrons. The molecule has 4 heteroatoms. The molecule has 2 aromatic rings. The van der Waals surface area contributed by atoms with Gasteiger partial charge in [-0.25, -0.2) is 0 Å². The third kappa shape index (κ3) is 8.49. The summed E-state index contributed by atoms with van der Waals surface area (Å²) in [6.07, 6.45) is 7.78. The Morgan fingerprint density at radius 2 is 0.850 bits per heavy atom. The van der Waals surface area contributed by atoms with Gasteiger partial charge in [0.15, 0.2) is 0 Å². The van der Waals surface area contributed by atoms with Crippen molar-refractivity contribution in [3.8, 4) is 22.6 Å². The van der Waals surface area contributed by atoms with Gasteiger partial charge in [-0.3, -0.25) is 0 Å². The molecule has 2 atom stereocenters. The maximum atomic E-state index is 6.54. The van der Waals surface area contributed by atoms with Crippen LogP contribution in [0.25, 0.3) is 11.1 Å². The van der Waals surface area contributed by atoms with Gasteiger partial charge in [0.25, 0.3) is 0 Å².